The van der Waals surface area contributed by atoms with Crippen LogP contribution in [0.4, 0.5) is 0 Å². The van der Waals surface area contributed by atoms with Crippen molar-refractivity contribution in [1.82, 2.24) is 10.2 Å². The number of hydrogen-bond donors (Lipinski definition) is 1. The van der Waals surface area contributed by atoms with Crippen molar-refractivity contribution in [3.05, 3.63) is 23.8 Å². The van der Waals surface area contributed by atoms with Gasteiger partial charge in [0.2, 0.25) is 5.91 Å². The molecule has 1 N–H and O–H groups in total. The molecule has 0 unspecified atom stereocenters. The van der Waals surface area contributed by atoms with E-state index in [-0.39, 0.29) is 18.4 Å². The third kappa shape index (κ3) is 4.15. The third-order valence-corrected chi connectivity index (χ3v) is 2.62. The minimum Gasteiger partial charge on any atom is -0.493 e. The first-order chi connectivity index (χ1) is 9.49. The molecule has 0 heterocycles. The van der Waals surface area contributed by atoms with E-state index in [1.165, 1.54) is 12.0 Å². The Morgan fingerprint density at radius 3 is 2.50 bits per heavy atom. The molecule has 6 heteroatoms. The van der Waals surface area contributed by atoms with Crippen LogP contribution in [-0.2, 0) is 4.79 Å². The minimum absolute atomic E-state index is 0.0403. The summed E-state index contributed by atoms with van der Waals surface area (Å²) in [6.07, 6.45) is 0. The Morgan fingerprint density at radius 1 is 1.25 bits per heavy atom. The van der Waals surface area contributed by atoms with E-state index in [2.05, 4.69) is 5.32 Å². The number of amides is 2. The van der Waals surface area contributed by atoms with Crippen molar-refractivity contribution in [3.8, 4) is 11.5 Å². The number of benzene rings is 1. The number of hydrogen-bond acceptors (Lipinski definition) is 4. The molecule has 6 nitrogen and oxygen atoms in total. The molecule has 0 atom stereocenters. The number of nitrogens with zero attached hydrogens (tertiary/aromatic N) is 1. The first kappa shape index (κ1) is 15.8. The Balaban J connectivity index is 2.76. The van der Waals surface area contributed by atoms with Crippen LogP contribution in [0.2, 0.25) is 0 Å². The van der Waals surface area contributed by atoms with E-state index >= 15 is 0 Å². The second-order valence-electron chi connectivity index (χ2n) is 4.27. The van der Waals surface area contributed by atoms with Gasteiger partial charge in [0.25, 0.3) is 5.91 Å². The van der Waals surface area contributed by atoms with Gasteiger partial charge in [-0.2, -0.15) is 0 Å². The second-order valence-corrected chi connectivity index (χ2v) is 4.27. The molecule has 0 spiro atoms. The monoisotopic (exact) mass is 280 g/mol. The average Bonchev–Trinajstić information content (AvgIpc) is 2.44. The Hall–Kier alpha value is -2.24. The number of carbonyl (C=O) groups excluding carboxylic acids is 2. The maximum absolute atomic E-state index is 11.9. The molecule has 2 amide bonds. The summed E-state index contributed by atoms with van der Waals surface area (Å²) in [4.78, 5) is 24.8. The van der Waals surface area contributed by atoms with Gasteiger partial charge in [-0.15, -0.1) is 0 Å². The predicted octanol–water partition coefficient (Wildman–Crippen LogP) is 0.912. The van der Waals surface area contributed by atoms with Crippen LogP contribution < -0.4 is 14.8 Å². The lowest BCUT2D eigenvalue weighted by Crippen LogP contribution is -2.36. The molecule has 0 aromatic heterocycles. The van der Waals surface area contributed by atoms with Crippen molar-refractivity contribution in [2.45, 2.75) is 6.92 Å². The summed E-state index contributed by atoms with van der Waals surface area (Å²) < 4.78 is 10.5. The average molecular weight is 280 g/mol. The van der Waals surface area contributed by atoms with Gasteiger partial charge in [0.15, 0.2) is 11.5 Å². The summed E-state index contributed by atoms with van der Waals surface area (Å²) >= 11 is 0. The standard InChI is InChI=1S/C14H20N2O4/c1-5-20-11-7-6-10(8-12(11)19-4)14(18)15-9-13(17)16(2)3/h6-8H,5,9H2,1-4H3,(H,15,18). The van der Waals surface area contributed by atoms with Crippen LogP contribution in [0.1, 0.15) is 17.3 Å². The Morgan fingerprint density at radius 2 is 1.95 bits per heavy atom. The van der Waals surface area contributed by atoms with Crippen molar-refractivity contribution in [2.75, 3.05) is 34.4 Å². The molecular weight excluding hydrogens is 260 g/mol. The zero-order chi connectivity index (χ0) is 15.1. The van der Waals surface area contributed by atoms with Crippen LogP contribution in [0, 0.1) is 0 Å². The van der Waals surface area contributed by atoms with Gasteiger partial charge in [-0.05, 0) is 25.1 Å². The zero-order valence-electron chi connectivity index (χ0n) is 12.2. The first-order valence-corrected chi connectivity index (χ1v) is 6.28. The molecule has 0 fully saturated rings. The Labute approximate surface area is 118 Å². The lowest BCUT2D eigenvalue weighted by atomic mass is 10.2. The van der Waals surface area contributed by atoms with Crippen LogP contribution in [0.15, 0.2) is 18.2 Å². The smallest absolute Gasteiger partial charge is 0.251 e. The van der Waals surface area contributed by atoms with Gasteiger partial charge >= 0.3 is 0 Å². The Kier molecular flexibility index (Phi) is 5.83. The SMILES string of the molecule is CCOc1ccc(C(=O)NCC(=O)N(C)C)cc1OC. The molecule has 0 aliphatic carbocycles. The van der Waals surface area contributed by atoms with Crippen molar-refractivity contribution >= 4 is 11.8 Å². The number of rotatable bonds is 6. The fraction of sp³-hybridized carbons (Fsp3) is 0.429. The molecule has 1 aromatic rings. The van der Waals surface area contributed by atoms with E-state index in [0.29, 0.717) is 23.7 Å². The summed E-state index contributed by atoms with van der Waals surface area (Å²) in [5, 5.41) is 2.56. The lowest BCUT2D eigenvalue weighted by Gasteiger charge is -2.12. The highest BCUT2D eigenvalue weighted by molar-refractivity contribution is 5.97. The molecule has 110 valence electrons. The van der Waals surface area contributed by atoms with E-state index < -0.39 is 0 Å². The number of methoxy groups -OCH3 is 1. The van der Waals surface area contributed by atoms with Crippen LogP contribution in [0.3, 0.4) is 0 Å². The van der Waals surface area contributed by atoms with Gasteiger partial charge in [-0.25, -0.2) is 0 Å². The maximum Gasteiger partial charge on any atom is 0.251 e. The highest BCUT2D eigenvalue weighted by Gasteiger charge is 2.12. The maximum atomic E-state index is 11.9. The van der Waals surface area contributed by atoms with Gasteiger partial charge in [-0.1, -0.05) is 0 Å². The van der Waals surface area contributed by atoms with Gasteiger partial charge in [0, 0.05) is 19.7 Å². The van der Waals surface area contributed by atoms with Crippen molar-refractivity contribution in [2.24, 2.45) is 0 Å². The van der Waals surface area contributed by atoms with E-state index in [1.54, 1.807) is 32.3 Å². The molecule has 0 saturated carbocycles. The molecular formula is C14H20N2O4. The predicted molar refractivity (Wildman–Crippen MR) is 75.2 cm³/mol. The van der Waals surface area contributed by atoms with Crippen molar-refractivity contribution in [3.63, 3.8) is 0 Å². The quantitative estimate of drug-likeness (QED) is 0.841. The summed E-state index contributed by atoms with van der Waals surface area (Å²) in [7, 11) is 4.78. The molecule has 1 aromatic carbocycles. The molecule has 1 rings (SSSR count). The van der Waals surface area contributed by atoms with Crippen LogP contribution >= 0.6 is 0 Å². The first-order valence-electron chi connectivity index (χ1n) is 6.28. The van der Waals surface area contributed by atoms with E-state index in [1.807, 2.05) is 6.92 Å². The van der Waals surface area contributed by atoms with Gasteiger partial charge < -0.3 is 19.7 Å². The van der Waals surface area contributed by atoms with Gasteiger partial charge in [-0.3, -0.25) is 9.59 Å². The summed E-state index contributed by atoms with van der Waals surface area (Å²) in [5.74, 6) is 0.562. The summed E-state index contributed by atoms with van der Waals surface area (Å²) in [6.45, 7) is 2.34. The Bertz CT molecular complexity index is 486. The van der Waals surface area contributed by atoms with E-state index in [9.17, 15) is 9.59 Å². The van der Waals surface area contributed by atoms with Gasteiger partial charge in [0.05, 0.1) is 20.3 Å². The molecule has 0 bridgehead atoms. The number of ether oxygens (including phenoxy) is 2. The van der Waals surface area contributed by atoms with Crippen LogP contribution in [-0.4, -0.2) is 51.1 Å². The lowest BCUT2D eigenvalue weighted by molar-refractivity contribution is -0.127. The number of carbonyl (C=O) groups is 2. The number of likely N-dealkylation sites (N-methyl/N-ethyl adjacent to an activating group) is 1. The topological polar surface area (TPSA) is 67.9 Å². The minimum atomic E-state index is -0.332. The van der Waals surface area contributed by atoms with Crippen molar-refractivity contribution < 1.29 is 19.1 Å². The van der Waals surface area contributed by atoms with Gasteiger partial charge in [0.1, 0.15) is 0 Å². The molecule has 0 radical (unpaired) electrons. The largest absolute Gasteiger partial charge is 0.493 e. The number of nitrogens with one attached hydrogen (secondary N) is 1. The highest BCUT2D eigenvalue weighted by Crippen LogP contribution is 2.27. The fourth-order valence-corrected chi connectivity index (χ4v) is 1.50. The van der Waals surface area contributed by atoms with Crippen LogP contribution in [0.25, 0.3) is 0 Å². The summed E-state index contributed by atoms with van der Waals surface area (Å²) in [6, 6.07) is 4.88. The zero-order valence-corrected chi connectivity index (χ0v) is 12.2. The van der Waals surface area contributed by atoms with Crippen LogP contribution in [0.5, 0.6) is 11.5 Å². The fourth-order valence-electron chi connectivity index (χ4n) is 1.50. The molecule has 20 heavy (non-hydrogen) atoms. The highest BCUT2D eigenvalue weighted by atomic mass is 16.5. The molecule has 0 saturated heterocycles. The normalized spacial score (nSPS) is 9.80. The van der Waals surface area contributed by atoms with E-state index in [0.717, 1.165) is 0 Å². The third-order valence-electron chi connectivity index (χ3n) is 2.62. The van der Waals surface area contributed by atoms with Crippen molar-refractivity contribution in [1.29, 1.82) is 0 Å². The molecule has 0 aliphatic rings. The molecule has 0 aliphatic heterocycles. The van der Waals surface area contributed by atoms with E-state index in [4.69, 9.17) is 9.47 Å². The summed E-state index contributed by atoms with van der Waals surface area (Å²) in [5.41, 5.74) is 0.414. The second kappa shape index (κ2) is 7.37.